The van der Waals surface area contributed by atoms with Crippen molar-refractivity contribution in [2.24, 2.45) is 5.92 Å². The second kappa shape index (κ2) is 8.63. The number of likely N-dealkylation sites (tertiary alicyclic amines) is 1. The Bertz CT molecular complexity index is 1320. The fourth-order valence-electron chi connectivity index (χ4n) is 5.53. The van der Waals surface area contributed by atoms with Crippen molar-refractivity contribution in [2.45, 2.75) is 38.6 Å². The molecule has 2 bridgehead atoms. The van der Waals surface area contributed by atoms with Gasteiger partial charge in [0.05, 0.1) is 5.52 Å². The van der Waals surface area contributed by atoms with Crippen LogP contribution in [-0.4, -0.2) is 46.5 Å². The van der Waals surface area contributed by atoms with E-state index in [1.165, 1.54) is 6.20 Å². The van der Waals surface area contributed by atoms with Crippen molar-refractivity contribution >= 4 is 16.8 Å². The third-order valence-electron chi connectivity index (χ3n) is 7.08. The summed E-state index contributed by atoms with van der Waals surface area (Å²) in [6, 6.07) is 11.2. The van der Waals surface area contributed by atoms with Crippen molar-refractivity contribution in [3.63, 3.8) is 0 Å². The molecule has 2 aliphatic heterocycles. The van der Waals surface area contributed by atoms with Crippen LogP contribution in [0.4, 0.5) is 0 Å². The number of piperidine rings is 1. The highest BCUT2D eigenvalue weighted by Gasteiger charge is 2.34. The molecular weight excluding hydrogens is 416 g/mol. The normalized spacial score (nSPS) is 20.1. The topological polar surface area (TPSA) is 87.2 Å². The second-order valence-electron chi connectivity index (χ2n) is 9.67. The molecule has 2 atom stereocenters. The van der Waals surface area contributed by atoms with E-state index < -0.39 is 0 Å². The van der Waals surface area contributed by atoms with E-state index in [0.717, 1.165) is 49.4 Å². The molecule has 4 heterocycles. The number of benzene rings is 1. The molecule has 7 heteroatoms. The van der Waals surface area contributed by atoms with Gasteiger partial charge in [-0.3, -0.25) is 14.4 Å². The maximum atomic E-state index is 13.0. The lowest BCUT2D eigenvalue weighted by molar-refractivity contribution is 0.0926. The molecule has 0 spiro atoms. The SMILES string of the molecule is CC(C)c1cccc2c(=O)c(C(=O)NCCN3CC4CC(C3)c3cccc(=O)n3C4)c[nH]c12. The summed E-state index contributed by atoms with van der Waals surface area (Å²) in [6.07, 6.45) is 2.64. The summed E-state index contributed by atoms with van der Waals surface area (Å²) in [4.78, 5) is 43.5. The van der Waals surface area contributed by atoms with Gasteiger partial charge in [0.2, 0.25) is 5.43 Å². The lowest BCUT2D eigenvalue weighted by atomic mass is 9.83. The van der Waals surface area contributed by atoms with E-state index in [9.17, 15) is 14.4 Å². The van der Waals surface area contributed by atoms with Gasteiger partial charge in [-0.1, -0.05) is 32.0 Å². The Kier molecular flexibility index (Phi) is 5.66. The summed E-state index contributed by atoms with van der Waals surface area (Å²) >= 11 is 0. The van der Waals surface area contributed by atoms with Crippen molar-refractivity contribution in [2.75, 3.05) is 26.2 Å². The highest BCUT2D eigenvalue weighted by atomic mass is 16.2. The quantitative estimate of drug-likeness (QED) is 0.631. The first-order chi connectivity index (χ1) is 15.9. The largest absolute Gasteiger partial charge is 0.360 e. The van der Waals surface area contributed by atoms with Gasteiger partial charge in [0, 0.05) is 62.0 Å². The number of hydrogen-bond donors (Lipinski definition) is 2. The summed E-state index contributed by atoms with van der Waals surface area (Å²) in [5.41, 5.74) is 2.98. The van der Waals surface area contributed by atoms with Crippen molar-refractivity contribution < 1.29 is 4.79 Å². The molecule has 0 radical (unpaired) electrons. The van der Waals surface area contributed by atoms with Crippen LogP contribution < -0.4 is 16.3 Å². The van der Waals surface area contributed by atoms with Crippen molar-refractivity contribution in [1.29, 1.82) is 0 Å². The van der Waals surface area contributed by atoms with Gasteiger partial charge in [-0.15, -0.1) is 0 Å². The number of amides is 1. The van der Waals surface area contributed by atoms with Gasteiger partial charge in [0.15, 0.2) is 0 Å². The van der Waals surface area contributed by atoms with Gasteiger partial charge in [-0.05, 0) is 36.0 Å². The predicted molar refractivity (Wildman–Crippen MR) is 129 cm³/mol. The number of para-hydroxylation sites is 1. The van der Waals surface area contributed by atoms with Crippen LogP contribution in [0.3, 0.4) is 0 Å². The molecule has 2 unspecified atom stereocenters. The lowest BCUT2D eigenvalue weighted by Crippen LogP contribution is -2.48. The molecule has 2 N–H and O–H groups in total. The van der Waals surface area contributed by atoms with Crippen LogP contribution in [0.1, 0.15) is 53.7 Å². The number of H-pyrrole nitrogens is 1. The summed E-state index contributed by atoms with van der Waals surface area (Å²) in [7, 11) is 0. The minimum Gasteiger partial charge on any atom is -0.360 e. The summed E-state index contributed by atoms with van der Waals surface area (Å²) < 4.78 is 1.93. The standard InChI is InChI=1S/C26H30N4O3/c1-16(2)19-5-3-6-20-24(19)28-12-21(25(20)32)26(33)27-9-10-29-13-17-11-18(15-29)22-7-4-8-23(31)30(22)14-17/h3-8,12,16-18H,9-11,13-15H2,1-2H3,(H,27,33)(H,28,32). The number of rotatable bonds is 5. The fourth-order valence-corrected chi connectivity index (χ4v) is 5.53. The molecule has 1 aromatic carbocycles. The van der Waals surface area contributed by atoms with Gasteiger partial charge in [0.1, 0.15) is 5.56 Å². The van der Waals surface area contributed by atoms with Crippen LogP contribution >= 0.6 is 0 Å². The zero-order valence-corrected chi connectivity index (χ0v) is 19.1. The van der Waals surface area contributed by atoms with Crippen LogP contribution in [0.5, 0.6) is 0 Å². The van der Waals surface area contributed by atoms with Crippen molar-refractivity contribution in [3.8, 4) is 0 Å². The minimum atomic E-state index is -0.345. The zero-order chi connectivity index (χ0) is 23.1. The Morgan fingerprint density at radius 1 is 1.12 bits per heavy atom. The highest BCUT2D eigenvalue weighted by molar-refractivity contribution is 5.97. The van der Waals surface area contributed by atoms with E-state index in [4.69, 9.17) is 0 Å². The molecule has 172 valence electrons. The highest BCUT2D eigenvalue weighted by Crippen LogP contribution is 2.34. The molecule has 2 aromatic heterocycles. The fraction of sp³-hybridized carbons (Fsp3) is 0.423. The van der Waals surface area contributed by atoms with Crippen LogP contribution in [0.25, 0.3) is 10.9 Å². The predicted octanol–water partition coefficient (Wildman–Crippen LogP) is 2.66. The number of fused-ring (bicyclic) bond motifs is 5. The molecule has 1 saturated heterocycles. The number of pyridine rings is 2. The van der Waals surface area contributed by atoms with Gasteiger partial charge in [-0.2, -0.15) is 0 Å². The number of hydrogen-bond acceptors (Lipinski definition) is 4. The van der Waals surface area contributed by atoms with Gasteiger partial charge >= 0.3 is 0 Å². The second-order valence-corrected chi connectivity index (χ2v) is 9.67. The molecule has 5 rings (SSSR count). The van der Waals surface area contributed by atoms with Crippen molar-refractivity contribution in [3.05, 3.63) is 80.0 Å². The number of aromatic amines is 1. The third kappa shape index (κ3) is 4.02. The molecule has 1 fully saturated rings. The van der Waals surface area contributed by atoms with Gasteiger partial charge in [-0.25, -0.2) is 0 Å². The van der Waals surface area contributed by atoms with Crippen LogP contribution in [0.2, 0.25) is 0 Å². The number of nitrogens with one attached hydrogen (secondary N) is 2. The van der Waals surface area contributed by atoms with E-state index in [-0.39, 0.29) is 28.4 Å². The first-order valence-corrected chi connectivity index (χ1v) is 11.8. The Hall–Kier alpha value is -3.19. The molecule has 3 aromatic rings. The van der Waals surface area contributed by atoms with Gasteiger partial charge < -0.3 is 19.8 Å². The van der Waals surface area contributed by atoms with E-state index in [1.54, 1.807) is 12.1 Å². The maximum Gasteiger partial charge on any atom is 0.256 e. The molecule has 1 amide bonds. The van der Waals surface area contributed by atoms with E-state index in [1.807, 2.05) is 22.8 Å². The Morgan fingerprint density at radius 2 is 1.94 bits per heavy atom. The molecule has 7 nitrogen and oxygen atoms in total. The zero-order valence-electron chi connectivity index (χ0n) is 19.1. The van der Waals surface area contributed by atoms with Crippen molar-refractivity contribution in [1.82, 2.24) is 19.8 Å². The average Bonchev–Trinajstić information content (AvgIpc) is 2.79. The summed E-state index contributed by atoms with van der Waals surface area (Å²) in [6.45, 7) is 7.92. The van der Waals surface area contributed by atoms with Crippen LogP contribution in [-0.2, 0) is 6.54 Å². The molecule has 0 saturated carbocycles. The monoisotopic (exact) mass is 446 g/mol. The van der Waals surface area contributed by atoms with Crippen LogP contribution in [0.15, 0.2) is 52.2 Å². The van der Waals surface area contributed by atoms with Crippen LogP contribution in [0, 0.1) is 5.92 Å². The molecule has 0 aliphatic carbocycles. The molecule has 33 heavy (non-hydrogen) atoms. The average molecular weight is 447 g/mol. The van der Waals surface area contributed by atoms with E-state index in [0.29, 0.717) is 23.8 Å². The number of nitrogens with zero attached hydrogens (tertiary/aromatic N) is 2. The summed E-state index contributed by atoms with van der Waals surface area (Å²) in [5.74, 6) is 0.729. The number of carbonyl (C=O) groups excluding carboxylic acids is 1. The number of carbonyl (C=O) groups is 1. The van der Waals surface area contributed by atoms with Gasteiger partial charge in [0.25, 0.3) is 11.5 Å². The molecule has 2 aliphatic rings. The van der Waals surface area contributed by atoms with E-state index >= 15 is 0 Å². The first-order valence-electron chi connectivity index (χ1n) is 11.8. The lowest BCUT2D eigenvalue weighted by Gasteiger charge is -2.42. The molecular formula is C26H30N4O3. The minimum absolute atomic E-state index is 0.0871. The number of aromatic nitrogens is 2. The van der Waals surface area contributed by atoms with E-state index in [2.05, 4.69) is 35.1 Å². The Balaban J connectivity index is 1.25. The Morgan fingerprint density at radius 3 is 2.76 bits per heavy atom. The summed E-state index contributed by atoms with van der Waals surface area (Å²) in [5, 5.41) is 3.48. The Labute approximate surface area is 192 Å². The smallest absolute Gasteiger partial charge is 0.256 e. The maximum absolute atomic E-state index is 13.0. The third-order valence-corrected chi connectivity index (χ3v) is 7.08. The first kappa shape index (κ1) is 21.6.